The first-order valence-corrected chi connectivity index (χ1v) is 6.91. The highest BCUT2D eigenvalue weighted by Gasteiger charge is 2.37. The van der Waals surface area contributed by atoms with Gasteiger partial charge in [0, 0.05) is 25.2 Å². The molecule has 1 N–H and O–H groups in total. The lowest BCUT2D eigenvalue weighted by atomic mass is 9.89. The third kappa shape index (κ3) is 1.94. The van der Waals surface area contributed by atoms with Crippen LogP contribution >= 0.6 is 0 Å². The molecule has 3 fully saturated rings. The number of piperidine rings is 1. The number of hydrogen-bond acceptors (Lipinski definition) is 2. The standard InChI is InChI=1S/C13H24N2/c1-2-6-11(5-1)13-10-14-9-12-7-3-4-8-15(12)13/h11-14H,1-10H2. The average Bonchev–Trinajstić information content (AvgIpc) is 2.82. The first kappa shape index (κ1) is 10.1. The minimum atomic E-state index is 0.873. The van der Waals surface area contributed by atoms with E-state index in [1.54, 1.807) is 0 Å². The maximum absolute atomic E-state index is 3.67. The zero-order chi connectivity index (χ0) is 10.1. The minimum Gasteiger partial charge on any atom is -0.314 e. The molecule has 0 bridgehead atoms. The van der Waals surface area contributed by atoms with E-state index in [2.05, 4.69) is 10.2 Å². The smallest absolute Gasteiger partial charge is 0.0252 e. The zero-order valence-corrected chi connectivity index (χ0v) is 9.75. The Morgan fingerprint density at radius 1 is 0.867 bits per heavy atom. The second kappa shape index (κ2) is 4.42. The summed E-state index contributed by atoms with van der Waals surface area (Å²) in [6.45, 7) is 3.90. The minimum absolute atomic E-state index is 0.873. The van der Waals surface area contributed by atoms with Crippen molar-refractivity contribution in [2.45, 2.75) is 57.0 Å². The molecule has 0 aromatic heterocycles. The Hall–Kier alpha value is -0.0800. The fourth-order valence-corrected chi connectivity index (χ4v) is 3.97. The second-order valence-corrected chi connectivity index (χ2v) is 5.66. The van der Waals surface area contributed by atoms with Crippen LogP contribution in [0.1, 0.15) is 44.9 Å². The molecule has 2 nitrogen and oxygen atoms in total. The molecule has 2 unspecified atom stereocenters. The molecule has 0 aromatic rings. The van der Waals surface area contributed by atoms with Gasteiger partial charge in [-0.1, -0.05) is 19.3 Å². The van der Waals surface area contributed by atoms with E-state index in [0.29, 0.717) is 0 Å². The lowest BCUT2D eigenvalue weighted by molar-refractivity contribution is 0.0351. The van der Waals surface area contributed by atoms with Gasteiger partial charge in [0.25, 0.3) is 0 Å². The number of nitrogens with one attached hydrogen (secondary N) is 1. The van der Waals surface area contributed by atoms with E-state index < -0.39 is 0 Å². The van der Waals surface area contributed by atoms with Gasteiger partial charge in [-0.25, -0.2) is 0 Å². The third-order valence-electron chi connectivity index (χ3n) is 4.78. The van der Waals surface area contributed by atoms with Crippen molar-refractivity contribution >= 4 is 0 Å². The Labute approximate surface area is 93.4 Å². The van der Waals surface area contributed by atoms with Gasteiger partial charge in [-0.3, -0.25) is 4.90 Å². The summed E-state index contributed by atoms with van der Waals surface area (Å²) in [6, 6.07) is 1.75. The van der Waals surface area contributed by atoms with Gasteiger partial charge >= 0.3 is 0 Å². The van der Waals surface area contributed by atoms with E-state index >= 15 is 0 Å². The summed E-state index contributed by atoms with van der Waals surface area (Å²) in [5.74, 6) is 1.01. The zero-order valence-electron chi connectivity index (χ0n) is 9.75. The molecular weight excluding hydrogens is 184 g/mol. The summed E-state index contributed by atoms with van der Waals surface area (Å²) in [7, 11) is 0. The number of piperazine rings is 1. The van der Waals surface area contributed by atoms with Crippen molar-refractivity contribution in [3.05, 3.63) is 0 Å². The molecule has 2 heterocycles. The third-order valence-corrected chi connectivity index (χ3v) is 4.78. The Kier molecular flexibility index (Phi) is 2.98. The topological polar surface area (TPSA) is 15.3 Å². The normalized spacial score (nSPS) is 39.2. The summed E-state index contributed by atoms with van der Waals surface area (Å²) in [4.78, 5) is 2.86. The molecule has 0 amide bonds. The van der Waals surface area contributed by atoms with Gasteiger partial charge in [0.2, 0.25) is 0 Å². The average molecular weight is 208 g/mol. The number of rotatable bonds is 1. The molecule has 15 heavy (non-hydrogen) atoms. The van der Waals surface area contributed by atoms with Gasteiger partial charge in [0.15, 0.2) is 0 Å². The van der Waals surface area contributed by atoms with E-state index in [0.717, 1.165) is 18.0 Å². The van der Waals surface area contributed by atoms with Gasteiger partial charge in [0.05, 0.1) is 0 Å². The van der Waals surface area contributed by atoms with E-state index in [1.807, 2.05) is 0 Å². The van der Waals surface area contributed by atoms with Crippen LogP contribution in [0.25, 0.3) is 0 Å². The van der Waals surface area contributed by atoms with Crippen LogP contribution in [-0.4, -0.2) is 36.6 Å². The van der Waals surface area contributed by atoms with Gasteiger partial charge in [-0.15, -0.1) is 0 Å². The Balaban J connectivity index is 1.69. The summed E-state index contributed by atoms with van der Waals surface area (Å²) < 4.78 is 0. The lowest BCUT2D eigenvalue weighted by Gasteiger charge is -2.47. The fraction of sp³-hybridized carbons (Fsp3) is 1.00. The van der Waals surface area contributed by atoms with E-state index in [-0.39, 0.29) is 0 Å². The maximum Gasteiger partial charge on any atom is 0.0252 e. The molecule has 2 heteroatoms. The summed E-state index contributed by atoms with van der Waals surface area (Å²) in [5, 5.41) is 3.67. The maximum atomic E-state index is 3.67. The highest BCUT2D eigenvalue weighted by molar-refractivity contribution is 4.94. The molecule has 0 aromatic carbocycles. The molecule has 2 atom stereocenters. The molecule has 86 valence electrons. The molecule has 3 aliphatic rings. The quantitative estimate of drug-likeness (QED) is 0.709. The van der Waals surface area contributed by atoms with E-state index in [1.165, 1.54) is 64.6 Å². The van der Waals surface area contributed by atoms with Crippen LogP contribution in [0.4, 0.5) is 0 Å². The highest BCUT2D eigenvalue weighted by Crippen LogP contribution is 2.34. The second-order valence-electron chi connectivity index (χ2n) is 5.66. The van der Waals surface area contributed by atoms with Crippen molar-refractivity contribution in [1.82, 2.24) is 10.2 Å². The predicted molar refractivity (Wildman–Crippen MR) is 63.0 cm³/mol. The molecule has 1 aliphatic carbocycles. The first-order chi connectivity index (χ1) is 7.45. The van der Waals surface area contributed by atoms with Gasteiger partial charge in [-0.05, 0) is 38.1 Å². The molecule has 2 aliphatic heterocycles. The van der Waals surface area contributed by atoms with Crippen LogP contribution in [0.2, 0.25) is 0 Å². The first-order valence-electron chi connectivity index (χ1n) is 6.91. The van der Waals surface area contributed by atoms with Gasteiger partial charge < -0.3 is 5.32 Å². The van der Waals surface area contributed by atoms with Crippen molar-refractivity contribution in [2.24, 2.45) is 5.92 Å². The fourth-order valence-electron chi connectivity index (χ4n) is 3.97. The largest absolute Gasteiger partial charge is 0.314 e. The van der Waals surface area contributed by atoms with Crippen LogP contribution in [0, 0.1) is 5.92 Å². The lowest BCUT2D eigenvalue weighted by Crippen LogP contribution is -2.60. The Morgan fingerprint density at radius 3 is 2.53 bits per heavy atom. The summed E-state index contributed by atoms with van der Waals surface area (Å²) in [5.41, 5.74) is 0. The Morgan fingerprint density at radius 2 is 1.67 bits per heavy atom. The van der Waals surface area contributed by atoms with Crippen LogP contribution < -0.4 is 5.32 Å². The van der Waals surface area contributed by atoms with Crippen LogP contribution in [0.3, 0.4) is 0 Å². The number of hydrogen-bond donors (Lipinski definition) is 1. The number of nitrogens with zero attached hydrogens (tertiary/aromatic N) is 1. The summed E-state index contributed by atoms with van der Waals surface area (Å²) >= 11 is 0. The molecule has 0 spiro atoms. The van der Waals surface area contributed by atoms with Crippen molar-refractivity contribution in [3.8, 4) is 0 Å². The van der Waals surface area contributed by atoms with Gasteiger partial charge in [0.1, 0.15) is 0 Å². The van der Waals surface area contributed by atoms with E-state index in [4.69, 9.17) is 0 Å². The van der Waals surface area contributed by atoms with Crippen LogP contribution in [0.15, 0.2) is 0 Å². The Bertz CT molecular complexity index is 209. The molecular formula is C13H24N2. The SMILES string of the molecule is C1CCC(C2CNCC3CCCCN32)C1. The molecule has 1 saturated carbocycles. The van der Waals surface area contributed by atoms with Crippen LogP contribution in [-0.2, 0) is 0 Å². The van der Waals surface area contributed by atoms with Crippen molar-refractivity contribution in [1.29, 1.82) is 0 Å². The molecule has 2 saturated heterocycles. The monoisotopic (exact) mass is 208 g/mol. The van der Waals surface area contributed by atoms with Gasteiger partial charge in [-0.2, -0.15) is 0 Å². The molecule has 0 radical (unpaired) electrons. The van der Waals surface area contributed by atoms with Crippen molar-refractivity contribution in [2.75, 3.05) is 19.6 Å². The summed E-state index contributed by atoms with van der Waals surface area (Å²) in [6.07, 6.45) is 10.3. The predicted octanol–water partition coefficient (Wildman–Crippen LogP) is 2.00. The van der Waals surface area contributed by atoms with Crippen LogP contribution in [0.5, 0.6) is 0 Å². The van der Waals surface area contributed by atoms with Crippen molar-refractivity contribution in [3.63, 3.8) is 0 Å². The van der Waals surface area contributed by atoms with E-state index in [9.17, 15) is 0 Å². The van der Waals surface area contributed by atoms with Crippen molar-refractivity contribution < 1.29 is 0 Å². The highest BCUT2D eigenvalue weighted by atomic mass is 15.3. The number of fused-ring (bicyclic) bond motifs is 1. The molecule has 3 rings (SSSR count).